The van der Waals surface area contributed by atoms with Crippen molar-refractivity contribution in [2.75, 3.05) is 25.2 Å². The second-order valence-electron chi connectivity index (χ2n) is 4.66. The van der Waals surface area contributed by atoms with Crippen LogP contribution < -0.4 is 10.1 Å². The zero-order valence-electron chi connectivity index (χ0n) is 11.3. The van der Waals surface area contributed by atoms with Crippen molar-refractivity contribution < 1.29 is 9.13 Å². The molecule has 18 heavy (non-hydrogen) atoms. The van der Waals surface area contributed by atoms with Crippen LogP contribution in [0.3, 0.4) is 0 Å². The maximum absolute atomic E-state index is 13.4. The van der Waals surface area contributed by atoms with Crippen LogP contribution >= 0.6 is 11.8 Å². The summed E-state index contributed by atoms with van der Waals surface area (Å²) in [5.41, 5.74) is 0.926. The van der Waals surface area contributed by atoms with Gasteiger partial charge in [-0.25, -0.2) is 4.39 Å². The van der Waals surface area contributed by atoms with Gasteiger partial charge in [0.25, 0.3) is 0 Å². The van der Waals surface area contributed by atoms with E-state index in [2.05, 4.69) is 19.2 Å². The van der Waals surface area contributed by atoms with Gasteiger partial charge in [0.2, 0.25) is 0 Å². The summed E-state index contributed by atoms with van der Waals surface area (Å²) >= 11 is 1.72. The molecule has 0 saturated heterocycles. The van der Waals surface area contributed by atoms with Crippen molar-refractivity contribution in [3.05, 3.63) is 29.6 Å². The molecule has 102 valence electrons. The van der Waals surface area contributed by atoms with Crippen molar-refractivity contribution in [3.63, 3.8) is 0 Å². The molecule has 0 saturated carbocycles. The highest BCUT2D eigenvalue weighted by Gasteiger charge is 2.02. The molecule has 0 aliphatic rings. The summed E-state index contributed by atoms with van der Waals surface area (Å²) in [6.07, 6.45) is 2.02. The zero-order chi connectivity index (χ0) is 13.4. The molecule has 0 bridgehead atoms. The fraction of sp³-hybridized carbons (Fsp3) is 0.571. The highest BCUT2D eigenvalue weighted by atomic mass is 32.2. The number of nitrogens with one attached hydrogen (secondary N) is 1. The molecule has 1 N–H and O–H groups in total. The largest absolute Gasteiger partial charge is 0.493 e. The molecular weight excluding hydrogens is 249 g/mol. The third kappa shape index (κ3) is 6.26. The first-order chi connectivity index (χ1) is 8.61. The van der Waals surface area contributed by atoms with Crippen LogP contribution in [0, 0.1) is 11.7 Å². The Morgan fingerprint density at radius 3 is 2.78 bits per heavy atom. The third-order valence-corrected chi connectivity index (χ3v) is 2.94. The van der Waals surface area contributed by atoms with E-state index in [0.29, 0.717) is 24.8 Å². The van der Waals surface area contributed by atoms with E-state index in [1.54, 1.807) is 17.8 Å². The second-order valence-corrected chi connectivity index (χ2v) is 5.65. The summed E-state index contributed by atoms with van der Waals surface area (Å²) in [5, 5.41) is 3.30. The average molecular weight is 271 g/mol. The van der Waals surface area contributed by atoms with E-state index in [-0.39, 0.29) is 5.82 Å². The van der Waals surface area contributed by atoms with Gasteiger partial charge in [0.05, 0.1) is 6.61 Å². The first-order valence-electron chi connectivity index (χ1n) is 6.23. The molecule has 0 unspecified atom stereocenters. The predicted octanol–water partition coefficient (Wildman–Crippen LogP) is 3.31. The second kappa shape index (κ2) is 8.38. The van der Waals surface area contributed by atoms with Gasteiger partial charge in [-0.05, 0) is 36.4 Å². The number of ether oxygens (including phenoxy) is 1. The molecule has 0 heterocycles. The number of hydrogen-bond donors (Lipinski definition) is 1. The van der Waals surface area contributed by atoms with E-state index in [1.165, 1.54) is 6.07 Å². The first kappa shape index (κ1) is 15.3. The van der Waals surface area contributed by atoms with Gasteiger partial charge in [0.15, 0.2) is 0 Å². The predicted molar refractivity (Wildman–Crippen MR) is 76.8 cm³/mol. The van der Waals surface area contributed by atoms with Crippen LogP contribution in [0.5, 0.6) is 5.75 Å². The van der Waals surface area contributed by atoms with Gasteiger partial charge < -0.3 is 10.1 Å². The van der Waals surface area contributed by atoms with Crippen LogP contribution in [0.4, 0.5) is 4.39 Å². The maximum atomic E-state index is 13.4. The molecule has 4 heteroatoms. The quantitative estimate of drug-likeness (QED) is 0.733. The maximum Gasteiger partial charge on any atom is 0.127 e. The van der Waals surface area contributed by atoms with Gasteiger partial charge in [-0.15, -0.1) is 0 Å². The number of benzene rings is 1. The summed E-state index contributed by atoms with van der Waals surface area (Å²) in [6, 6.07) is 4.89. The molecule has 0 aromatic heterocycles. The van der Waals surface area contributed by atoms with Crippen molar-refractivity contribution in [2.45, 2.75) is 20.4 Å². The Hall–Kier alpha value is -0.740. The van der Waals surface area contributed by atoms with Crippen LogP contribution in [-0.2, 0) is 6.54 Å². The lowest BCUT2D eigenvalue weighted by Crippen LogP contribution is -2.19. The van der Waals surface area contributed by atoms with Gasteiger partial charge in [-0.1, -0.05) is 13.8 Å². The smallest absolute Gasteiger partial charge is 0.127 e. The van der Waals surface area contributed by atoms with Crippen LogP contribution in [0.15, 0.2) is 18.2 Å². The zero-order valence-corrected chi connectivity index (χ0v) is 12.1. The highest BCUT2D eigenvalue weighted by molar-refractivity contribution is 7.98. The van der Waals surface area contributed by atoms with E-state index >= 15 is 0 Å². The highest BCUT2D eigenvalue weighted by Crippen LogP contribution is 2.16. The summed E-state index contributed by atoms with van der Waals surface area (Å²) in [6.45, 7) is 6.52. The van der Waals surface area contributed by atoms with E-state index in [9.17, 15) is 4.39 Å². The Kier molecular flexibility index (Phi) is 7.13. The number of halogens is 1. The lowest BCUT2D eigenvalue weighted by molar-refractivity contribution is 0.341. The molecule has 2 nitrogen and oxygen atoms in total. The summed E-state index contributed by atoms with van der Waals surface area (Å²) in [5.74, 6) is 1.89. The summed E-state index contributed by atoms with van der Waals surface area (Å²) in [7, 11) is 0. The Labute approximate surface area is 113 Å². The van der Waals surface area contributed by atoms with Crippen molar-refractivity contribution in [1.29, 1.82) is 0 Å². The number of rotatable bonds is 8. The van der Waals surface area contributed by atoms with Gasteiger partial charge in [-0.3, -0.25) is 0 Å². The minimum atomic E-state index is -0.238. The van der Waals surface area contributed by atoms with Crippen LogP contribution in [0.2, 0.25) is 0 Å². The Bertz CT molecular complexity index is 358. The van der Waals surface area contributed by atoms with Crippen molar-refractivity contribution in [1.82, 2.24) is 5.32 Å². The molecule has 0 spiro atoms. The molecule has 0 aliphatic heterocycles. The van der Waals surface area contributed by atoms with E-state index < -0.39 is 0 Å². The molecule has 0 aliphatic carbocycles. The molecule has 1 aromatic rings. The summed E-state index contributed by atoms with van der Waals surface area (Å²) < 4.78 is 18.9. The van der Waals surface area contributed by atoms with Gasteiger partial charge in [0, 0.05) is 18.4 Å². The lowest BCUT2D eigenvalue weighted by atomic mass is 10.2. The van der Waals surface area contributed by atoms with Crippen molar-refractivity contribution in [2.24, 2.45) is 5.92 Å². The summed E-state index contributed by atoms with van der Waals surface area (Å²) in [4.78, 5) is 0. The van der Waals surface area contributed by atoms with E-state index in [1.807, 2.05) is 12.3 Å². The molecular formula is C14H22FNOS. The van der Waals surface area contributed by atoms with Crippen LogP contribution in [0.1, 0.15) is 19.4 Å². The Balaban J connectivity index is 2.51. The minimum absolute atomic E-state index is 0.238. The molecule has 1 aromatic carbocycles. The average Bonchev–Trinajstić information content (AvgIpc) is 2.28. The fourth-order valence-corrected chi connectivity index (χ4v) is 1.80. The third-order valence-electron chi connectivity index (χ3n) is 2.37. The van der Waals surface area contributed by atoms with Crippen molar-refractivity contribution in [3.8, 4) is 5.75 Å². The SMILES string of the molecule is CSCCOc1cc(F)cc(CNCC(C)C)c1. The van der Waals surface area contributed by atoms with Crippen LogP contribution in [-0.4, -0.2) is 25.2 Å². The molecule has 0 radical (unpaired) electrons. The molecule has 0 amide bonds. The van der Waals surface area contributed by atoms with Gasteiger partial charge >= 0.3 is 0 Å². The Morgan fingerprint density at radius 2 is 2.11 bits per heavy atom. The van der Waals surface area contributed by atoms with Crippen LogP contribution in [0.25, 0.3) is 0 Å². The fourth-order valence-electron chi connectivity index (χ4n) is 1.55. The lowest BCUT2D eigenvalue weighted by Gasteiger charge is -2.10. The normalized spacial score (nSPS) is 10.9. The number of thioether (sulfide) groups is 1. The molecule has 0 fully saturated rings. The molecule has 1 rings (SSSR count). The van der Waals surface area contributed by atoms with Gasteiger partial charge in [0.1, 0.15) is 11.6 Å². The topological polar surface area (TPSA) is 21.3 Å². The standard InChI is InChI=1S/C14H22FNOS/c1-11(2)9-16-10-12-6-13(15)8-14(7-12)17-4-5-18-3/h6-8,11,16H,4-5,9-10H2,1-3H3. The monoisotopic (exact) mass is 271 g/mol. The van der Waals surface area contributed by atoms with Gasteiger partial charge in [-0.2, -0.15) is 11.8 Å². The van der Waals surface area contributed by atoms with E-state index in [4.69, 9.17) is 4.74 Å². The number of hydrogen-bond acceptors (Lipinski definition) is 3. The Morgan fingerprint density at radius 1 is 1.33 bits per heavy atom. The first-order valence-corrected chi connectivity index (χ1v) is 7.63. The van der Waals surface area contributed by atoms with E-state index in [0.717, 1.165) is 17.9 Å². The minimum Gasteiger partial charge on any atom is -0.493 e. The van der Waals surface area contributed by atoms with Crippen molar-refractivity contribution >= 4 is 11.8 Å². The molecule has 0 atom stereocenters.